The summed E-state index contributed by atoms with van der Waals surface area (Å²) in [6, 6.07) is 9.12. The predicted octanol–water partition coefficient (Wildman–Crippen LogP) is 4.11. The molecule has 0 spiro atoms. The van der Waals surface area contributed by atoms with Crippen LogP contribution in [0.2, 0.25) is 5.02 Å². The Morgan fingerprint density at radius 1 is 1.20 bits per heavy atom. The van der Waals surface area contributed by atoms with Gasteiger partial charge in [0.1, 0.15) is 11.5 Å². The Morgan fingerprint density at radius 2 is 2.04 bits per heavy atom. The van der Waals surface area contributed by atoms with Crippen molar-refractivity contribution >= 4 is 28.5 Å². The van der Waals surface area contributed by atoms with Crippen LogP contribution in [0.5, 0.6) is 0 Å². The van der Waals surface area contributed by atoms with E-state index < -0.39 is 11.8 Å². The number of carboxylic acids is 1. The number of hydrogen-bond acceptors (Lipinski definition) is 3. The fraction of sp³-hybridized carbons (Fsp3) is 0. The Kier molecular flexibility index (Phi) is 3.51. The van der Waals surface area contributed by atoms with Gasteiger partial charge in [-0.05, 0) is 30.3 Å². The largest absolute Gasteiger partial charge is 0.478 e. The summed E-state index contributed by atoms with van der Waals surface area (Å²) in [5.74, 6) is -1.10. The molecule has 2 aromatic carbocycles. The molecule has 3 N–H and O–H groups in total. The SMILES string of the molecule is O=C(O)c1ccc2[nH]nc(-c3ncc(-c4ccc(Cl)c(F)c4)[nH]3)c2c1. The zero-order valence-electron chi connectivity index (χ0n) is 12.5. The molecule has 0 atom stereocenters. The maximum Gasteiger partial charge on any atom is 0.335 e. The molecule has 8 heteroatoms. The van der Waals surface area contributed by atoms with Gasteiger partial charge in [0.2, 0.25) is 0 Å². The Bertz CT molecular complexity index is 1120. The van der Waals surface area contributed by atoms with Gasteiger partial charge in [-0.3, -0.25) is 5.10 Å². The van der Waals surface area contributed by atoms with Crippen LogP contribution in [-0.2, 0) is 0 Å². The number of rotatable bonds is 3. The summed E-state index contributed by atoms with van der Waals surface area (Å²) in [6.45, 7) is 0. The molecule has 6 nitrogen and oxygen atoms in total. The third kappa shape index (κ3) is 2.64. The highest BCUT2D eigenvalue weighted by molar-refractivity contribution is 6.30. The molecule has 0 saturated carbocycles. The van der Waals surface area contributed by atoms with Crippen molar-refractivity contribution in [3.8, 4) is 22.8 Å². The standard InChI is InChI=1S/C17H10ClFN4O2/c18-11-3-1-8(6-12(11)19)14-7-20-16(21-14)15-10-5-9(17(24)25)2-4-13(10)22-23-15/h1-7H,(H,20,21)(H,22,23)(H,24,25). The highest BCUT2D eigenvalue weighted by Gasteiger charge is 2.15. The van der Waals surface area contributed by atoms with E-state index in [1.54, 1.807) is 18.3 Å². The highest BCUT2D eigenvalue weighted by atomic mass is 35.5. The smallest absolute Gasteiger partial charge is 0.335 e. The van der Waals surface area contributed by atoms with Crippen LogP contribution in [0.25, 0.3) is 33.7 Å². The topological polar surface area (TPSA) is 94.7 Å². The van der Waals surface area contributed by atoms with Crippen molar-refractivity contribution < 1.29 is 14.3 Å². The highest BCUT2D eigenvalue weighted by Crippen LogP contribution is 2.28. The first kappa shape index (κ1) is 15.3. The van der Waals surface area contributed by atoms with Crippen molar-refractivity contribution in [1.82, 2.24) is 20.2 Å². The van der Waals surface area contributed by atoms with Crippen LogP contribution >= 0.6 is 11.6 Å². The van der Waals surface area contributed by atoms with Crippen molar-refractivity contribution in [1.29, 1.82) is 0 Å². The fourth-order valence-corrected chi connectivity index (χ4v) is 2.70. The van der Waals surface area contributed by atoms with Crippen LogP contribution < -0.4 is 0 Å². The molecule has 4 rings (SSSR count). The minimum absolute atomic E-state index is 0.0444. The second-order valence-corrected chi connectivity index (χ2v) is 5.82. The summed E-state index contributed by atoms with van der Waals surface area (Å²) < 4.78 is 13.6. The van der Waals surface area contributed by atoms with Crippen molar-refractivity contribution in [2.45, 2.75) is 0 Å². The zero-order chi connectivity index (χ0) is 17.6. The van der Waals surface area contributed by atoms with Crippen LogP contribution in [-0.4, -0.2) is 31.2 Å². The van der Waals surface area contributed by atoms with Crippen LogP contribution in [0.1, 0.15) is 10.4 Å². The van der Waals surface area contributed by atoms with Gasteiger partial charge in [0.15, 0.2) is 5.82 Å². The van der Waals surface area contributed by atoms with Crippen LogP contribution in [0, 0.1) is 5.82 Å². The van der Waals surface area contributed by atoms with Crippen LogP contribution in [0.3, 0.4) is 0 Å². The number of aromatic nitrogens is 4. The Hall–Kier alpha value is -3.19. The first-order valence-electron chi connectivity index (χ1n) is 7.25. The van der Waals surface area contributed by atoms with E-state index in [1.165, 1.54) is 24.3 Å². The van der Waals surface area contributed by atoms with Gasteiger partial charge in [-0.1, -0.05) is 17.7 Å². The molecule has 0 unspecified atom stereocenters. The van der Waals surface area contributed by atoms with Crippen molar-refractivity contribution in [2.75, 3.05) is 0 Å². The molecule has 0 aliphatic rings. The first-order valence-corrected chi connectivity index (χ1v) is 7.63. The molecular weight excluding hydrogens is 347 g/mol. The lowest BCUT2D eigenvalue weighted by molar-refractivity contribution is 0.0697. The van der Waals surface area contributed by atoms with Gasteiger partial charge in [0.25, 0.3) is 0 Å². The van der Waals surface area contributed by atoms with Gasteiger partial charge in [-0.15, -0.1) is 0 Å². The molecule has 0 aliphatic carbocycles. The molecule has 2 heterocycles. The molecule has 124 valence electrons. The van der Waals surface area contributed by atoms with E-state index in [1.807, 2.05) is 0 Å². The van der Waals surface area contributed by atoms with Crippen LogP contribution in [0.15, 0.2) is 42.6 Å². The van der Waals surface area contributed by atoms with E-state index in [4.69, 9.17) is 16.7 Å². The molecule has 0 radical (unpaired) electrons. The maximum atomic E-state index is 13.6. The molecule has 4 aromatic rings. The number of nitrogens with one attached hydrogen (secondary N) is 2. The third-order valence-electron chi connectivity index (χ3n) is 3.84. The number of benzene rings is 2. The summed E-state index contributed by atoms with van der Waals surface area (Å²) in [4.78, 5) is 18.5. The van der Waals surface area contributed by atoms with E-state index in [0.29, 0.717) is 33.7 Å². The summed E-state index contributed by atoms with van der Waals surface area (Å²) in [6.07, 6.45) is 1.56. The Balaban J connectivity index is 1.79. The zero-order valence-corrected chi connectivity index (χ0v) is 13.3. The lowest BCUT2D eigenvalue weighted by atomic mass is 10.1. The molecule has 0 saturated heterocycles. The Morgan fingerprint density at radius 3 is 2.80 bits per heavy atom. The molecular formula is C17H10ClFN4O2. The summed E-state index contributed by atoms with van der Waals surface area (Å²) in [5.41, 5.74) is 2.51. The second kappa shape index (κ2) is 5.71. The quantitative estimate of drug-likeness (QED) is 0.514. The fourth-order valence-electron chi connectivity index (χ4n) is 2.58. The maximum absolute atomic E-state index is 13.6. The average Bonchev–Trinajstić information content (AvgIpc) is 3.23. The summed E-state index contributed by atoms with van der Waals surface area (Å²) in [7, 11) is 0. The second-order valence-electron chi connectivity index (χ2n) is 5.41. The average molecular weight is 357 g/mol. The number of hydrogen-bond donors (Lipinski definition) is 3. The van der Waals surface area contributed by atoms with Gasteiger partial charge in [-0.2, -0.15) is 5.10 Å². The van der Waals surface area contributed by atoms with E-state index in [9.17, 15) is 9.18 Å². The van der Waals surface area contributed by atoms with Gasteiger partial charge in [0, 0.05) is 10.9 Å². The van der Waals surface area contributed by atoms with Crippen molar-refractivity contribution in [3.05, 3.63) is 59.0 Å². The Labute approximate surface area is 145 Å². The summed E-state index contributed by atoms with van der Waals surface area (Å²) in [5, 5.41) is 16.9. The van der Waals surface area contributed by atoms with Gasteiger partial charge >= 0.3 is 5.97 Å². The minimum Gasteiger partial charge on any atom is -0.478 e. The predicted molar refractivity (Wildman–Crippen MR) is 91.0 cm³/mol. The number of carboxylic acid groups (broad SMARTS) is 1. The number of halogens is 2. The first-order chi connectivity index (χ1) is 12.0. The molecule has 0 aliphatic heterocycles. The number of fused-ring (bicyclic) bond motifs is 1. The summed E-state index contributed by atoms with van der Waals surface area (Å²) >= 11 is 5.70. The van der Waals surface area contributed by atoms with Crippen molar-refractivity contribution in [3.63, 3.8) is 0 Å². The monoisotopic (exact) mass is 356 g/mol. The minimum atomic E-state index is -1.02. The van der Waals surface area contributed by atoms with Crippen molar-refractivity contribution in [2.24, 2.45) is 0 Å². The molecule has 0 bridgehead atoms. The van der Waals surface area contributed by atoms with Gasteiger partial charge in [0.05, 0.1) is 28.0 Å². The number of nitrogens with zero attached hydrogens (tertiary/aromatic N) is 2. The lowest BCUT2D eigenvalue weighted by Gasteiger charge is -1.99. The number of carbonyl (C=O) groups is 1. The van der Waals surface area contributed by atoms with Gasteiger partial charge < -0.3 is 10.1 Å². The third-order valence-corrected chi connectivity index (χ3v) is 4.15. The number of H-pyrrole nitrogens is 2. The molecule has 0 amide bonds. The van der Waals surface area contributed by atoms with E-state index in [-0.39, 0.29) is 10.6 Å². The number of aromatic carboxylic acids is 1. The number of aromatic amines is 2. The lowest BCUT2D eigenvalue weighted by Crippen LogP contribution is -1.95. The van der Waals surface area contributed by atoms with E-state index in [2.05, 4.69) is 20.2 Å². The van der Waals surface area contributed by atoms with Crippen LogP contribution in [0.4, 0.5) is 4.39 Å². The van der Waals surface area contributed by atoms with Gasteiger partial charge in [-0.25, -0.2) is 14.2 Å². The molecule has 2 aromatic heterocycles. The normalized spacial score (nSPS) is 11.1. The van der Waals surface area contributed by atoms with E-state index >= 15 is 0 Å². The molecule has 0 fully saturated rings. The number of imidazole rings is 1. The molecule has 25 heavy (non-hydrogen) atoms. The van der Waals surface area contributed by atoms with E-state index in [0.717, 1.165) is 0 Å².